The van der Waals surface area contributed by atoms with Gasteiger partial charge >= 0.3 is 0 Å². The number of likely N-dealkylation sites (N-methyl/N-ethyl adjacent to an activating group) is 1. The van der Waals surface area contributed by atoms with E-state index < -0.39 is 0 Å². The number of carbonyl (C=O) groups is 1. The van der Waals surface area contributed by atoms with Gasteiger partial charge in [0.2, 0.25) is 5.91 Å². The van der Waals surface area contributed by atoms with E-state index in [0.717, 1.165) is 72.0 Å². The van der Waals surface area contributed by atoms with Crippen LogP contribution in [0.4, 0.5) is 0 Å². The molecule has 0 saturated carbocycles. The molecule has 3 fully saturated rings. The summed E-state index contributed by atoms with van der Waals surface area (Å²) >= 11 is 0. The molecule has 3 aliphatic heterocycles. The Kier molecular flexibility index (Phi) is 8.35. The minimum Gasteiger partial charge on any atom is -0.379 e. The molecule has 5 rings (SSSR count). The monoisotopic (exact) mass is 478 g/mol. The summed E-state index contributed by atoms with van der Waals surface area (Å²) in [6.45, 7) is 12.8. The molecule has 3 saturated heterocycles. The molecular weight excluding hydrogens is 436 g/mol. The summed E-state index contributed by atoms with van der Waals surface area (Å²) < 4.78 is 5.56. The zero-order valence-electron chi connectivity index (χ0n) is 21.3. The first-order valence-corrected chi connectivity index (χ1v) is 13.7. The number of benzene rings is 2. The first-order valence-electron chi connectivity index (χ1n) is 13.7. The fourth-order valence-corrected chi connectivity index (χ4v) is 6.40. The number of nitrogens with zero attached hydrogens (tertiary/aromatic N) is 3. The molecule has 1 amide bonds. The minimum absolute atomic E-state index is 0.0618. The lowest BCUT2D eigenvalue weighted by molar-refractivity contribution is -0.128. The molecule has 0 aliphatic carbocycles. The summed E-state index contributed by atoms with van der Waals surface area (Å²) in [4.78, 5) is 20.9. The van der Waals surface area contributed by atoms with Crippen LogP contribution in [-0.4, -0.2) is 92.2 Å². The Balaban J connectivity index is 1.25. The van der Waals surface area contributed by atoms with Crippen molar-refractivity contribution >= 4 is 16.7 Å². The highest BCUT2D eigenvalue weighted by Gasteiger charge is 2.33. The second-order valence-corrected chi connectivity index (χ2v) is 10.8. The van der Waals surface area contributed by atoms with E-state index in [9.17, 15) is 4.79 Å². The number of morpholine rings is 1. The number of hydrogen-bond acceptors (Lipinski definition) is 5. The van der Waals surface area contributed by atoms with E-state index in [1.165, 1.54) is 35.7 Å². The molecule has 0 bridgehead atoms. The van der Waals surface area contributed by atoms with E-state index >= 15 is 0 Å². The van der Waals surface area contributed by atoms with Crippen molar-refractivity contribution in [3.63, 3.8) is 0 Å². The van der Waals surface area contributed by atoms with E-state index in [2.05, 4.69) is 69.4 Å². The maximum absolute atomic E-state index is 13.4. The number of fused-ring (bicyclic) bond motifs is 1. The van der Waals surface area contributed by atoms with Gasteiger partial charge in [-0.1, -0.05) is 43.3 Å². The van der Waals surface area contributed by atoms with Crippen LogP contribution in [0.3, 0.4) is 0 Å². The molecule has 0 aromatic heterocycles. The van der Waals surface area contributed by atoms with Crippen molar-refractivity contribution in [3.8, 4) is 0 Å². The Hall–Kier alpha value is -1.99. The molecular formula is C29H42N4O2. The average molecular weight is 479 g/mol. The summed E-state index contributed by atoms with van der Waals surface area (Å²) in [5.74, 6) is 0.826. The Bertz CT molecular complexity index is 976. The van der Waals surface area contributed by atoms with Gasteiger partial charge in [-0.15, -0.1) is 0 Å². The topological polar surface area (TPSA) is 48.1 Å². The molecule has 3 heterocycles. The number of nitrogens with one attached hydrogen (secondary N) is 1. The number of rotatable bonds is 8. The van der Waals surface area contributed by atoms with Crippen molar-refractivity contribution in [2.24, 2.45) is 11.8 Å². The van der Waals surface area contributed by atoms with Crippen LogP contribution in [0.2, 0.25) is 0 Å². The van der Waals surface area contributed by atoms with Crippen molar-refractivity contribution in [3.05, 3.63) is 48.0 Å². The van der Waals surface area contributed by atoms with E-state index in [4.69, 9.17) is 4.74 Å². The highest BCUT2D eigenvalue weighted by atomic mass is 16.5. The fourth-order valence-electron chi connectivity index (χ4n) is 6.40. The van der Waals surface area contributed by atoms with Gasteiger partial charge < -0.3 is 10.1 Å². The Morgan fingerprint density at radius 2 is 1.86 bits per heavy atom. The lowest BCUT2D eigenvalue weighted by Gasteiger charge is -2.40. The molecule has 1 unspecified atom stereocenters. The molecule has 2 aromatic carbocycles. The Morgan fingerprint density at radius 1 is 1.03 bits per heavy atom. The zero-order valence-corrected chi connectivity index (χ0v) is 21.3. The van der Waals surface area contributed by atoms with Gasteiger partial charge in [-0.2, -0.15) is 0 Å². The summed E-state index contributed by atoms with van der Waals surface area (Å²) in [6.07, 6.45) is 3.44. The molecule has 190 valence electrons. The largest absolute Gasteiger partial charge is 0.379 e. The van der Waals surface area contributed by atoms with Gasteiger partial charge in [-0.3, -0.25) is 19.5 Å². The van der Waals surface area contributed by atoms with E-state index in [0.29, 0.717) is 12.0 Å². The molecule has 1 N–H and O–H groups in total. The van der Waals surface area contributed by atoms with Crippen molar-refractivity contribution in [2.45, 2.75) is 38.8 Å². The number of carbonyl (C=O) groups excluding carboxylic acids is 1. The predicted octanol–water partition coefficient (Wildman–Crippen LogP) is 3.21. The number of piperidine rings is 1. The average Bonchev–Trinajstić information content (AvgIpc) is 3.35. The zero-order chi connectivity index (χ0) is 24.0. The molecule has 0 spiro atoms. The first-order chi connectivity index (χ1) is 17.2. The molecule has 2 aromatic rings. The number of likely N-dealkylation sites (tertiary alicyclic amines) is 2. The lowest BCUT2D eigenvalue weighted by atomic mass is 9.87. The summed E-state index contributed by atoms with van der Waals surface area (Å²) in [5.41, 5.74) is 1.33. The van der Waals surface area contributed by atoms with Gasteiger partial charge in [0, 0.05) is 51.9 Å². The maximum Gasteiger partial charge on any atom is 0.224 e. The van der Waals surface area contributed by atoms with Gasteiger partial charge in [0.05, 0.1) is 19.1 Å². The first kappa shape index (κ1) is 24.7. The Labute approximate surface area is 210 Å². The van der Waals surface area contributed by atoms with E-state index in [1.807, 2.05) is 0 Å². The lowest BCUT2D eigenvalue weighted by Crippen LogP contribution is -2.51. The smallest absolute Gasteiger partial charge is 0.224 e. The molecule has 3 aliphatic rings. The number of hydrogen-bond donors (Lipinski definition) is 1. The minimum atomic E-state index is 0.0618. The maximum atomic E-state index is 13.4. The van der Waals surface area contributed by atoms with Crippen LogP contribution in [-0.2, 0) is 16.1 Å². The van der Waals surface area contributed by atoms with E-state index in [1.54, 1.807) is 0 Å². The summed E-state index contributed by atoms with van der Waals surface area (Å²) in [6, 6.07) is 15.9. The molecule has 6 heteroatoms. The van der Waals surface area contributed by atoms with Crippen molar-refractivity contribution in [1.82, 2.24) is 20.0 Å². The van der Waals surface area contributed by atoms with Gasteiger partial charge in [0.25, 0.3) is 0 Å². The van der Waals surface area contributed by atoms with Crippen LogP contribution >= 0.6 is 0 Å². The number of ether oxygens (including phenoxy) is 1. The van der Waals surface area contributed by atoms with Gasteiger partial charge in [-0.05, 0) is 60.7 Å². The van der Waals surface area contributed by atoms with Gasteiger partial charge in [0.1, 0.15) is 0 Å². The van der Waals surface area contributed by atoms with Crippen molar-refractivity contribution in [1.29, 1.82) is 0 Å². The third-order valence-electron chi connectivity index (χ3n) is 8.24. The molecule has 3 atom stereocenters. The molecule has 6 nitrogen and oxygen atoms in total. The van der Waals surface area contributed by atoms with Gasteiger partial charge in [-0.25, -0.2) is 0 Å². The summed E-state index contributed by atoms with van der Waals surface area (Å²) in [7, 11) is 0. The van der Waals surface area contributed by atoms with Crippen molar-refractivity contribution < 1.29 is 9.53 Å². The van der Waals surface area contributed by atoms with Crippen LogP contribution in [0, 0.1) is 11.8 Å². The molecule has 35 heavy (non-hydrogen) atoms. The normalized spacial score (nSPS) is 26.8. The van der Waals surface area contributed by atoms with Crippen molar-refractivity contribution in [2.75, 3.05) is 65.6 Å². The van der Waals surface area contributed by atoms with Crippen LogP contribution in [0.5, 0.6) is 0 Å². The molecule has 0 radical (unpaired) electrons. The third kappa shape index (κ3) is 6.42. The highest BCUT2D eigenvalue weighted by Crippen LogP contribution is 2.26. The number of amides is 1. The van der Waals surface area contributed by atoms with Crippen LogP contribution in [0.25, 0.3) is 10.8 Å². The van der Waals surface area contributed by atoms with Gasteiger partial charge in [0.15, 0.2) is 0 Å². The fraction of sp³-hybridized carbons (Fsp3) is 0.621. The highest BCUT2D eigenvalue weighted by molar-refractivity contribution is 5.83. The third-order valence-corrected chi connectivity index (χ3v) is 8.24. The Morgan fingerprint density at radius 3 is 2.69 bits per heavy atom. The van der Waals surface area contributed by atoms with Crippen LogP contribution in [0.1, 0.15) is 31.7 Å². The summed E-state index contributed by atoms with van der Waals surface area (Å²) in [5, 5.41) is 5.92. The second kappa shape index (κ2) is 11.8. The van der Waals surface area contributed by atoms with Crippen LogP contribution < -0.4 is 5.32 Å². The quantitative estimate of drug-likeness (QED) is 0.631. The standard InChI is InChI=1S/C29H42N4O2/c1-2-33-11-5-8-28(33)18-30-29(34)27-17-24(20-31-12-14-35-15-13-31)21-32(22-27)19-23-9-10-25-6-3-4-7-26(25)16-23/h3-4,6-7,9-10,16,24,27-28H,2,5,8,11-15,17-22H2,1H3,(H,30,34)/t24-,27-,28?/m1/s1. The van der Waals surface area contributed by atoms with Crippen LogP contribution in [0.15, 0.2) is 42.5 Å². The predicted molar refractivity (Wildman–Crippen MR) is 141 cm³/mol. The SMILES string of the molecule is CCN1CCCC1CNC(=O)[C@@H]1C[C@H](CN2CCOCC2)CN(Cc2ccc3ccccc3c2)C1. The second-order valence-electron chi connectivity index (χ2n) is 10.8. The van der Waals surface area contributed by atoms with E-state index in [-0.39, 0.29) is 11.8 Å².